The molecular formula is C11H16O3. The van der Waals surface area contributed by atoms with Gasteiger partial charge in [-0.15, -0.1) is 0 Å². The van der Waals surface area contributed by atoms with Gasteiger partial charge in [-0.1, -0.05) is 6.42 Å². The fourth-order valence-corrected chi connectivity index (χ4v) is 1.99. The number of esters is 1. The second-order valence-electron chi connectivity index (χ2n) is 3.94. The van der Waals surface area contributed by atoms with E-state index in [0.29, 0.717) is 12.5 Å². The molecule has 3 heteroatoms. The van der Waals surface area contributed by atoms with Crippen LogP contribution in [0.5, 0.6) is 0 Å². The molecule has 0 aromatic heterocycles. The Bertz CT molecular complexity index is 235. The maximum absolute atomic E-state index is 11.1. The van der Waals surface area contributed by atoms with Gasteiger partial charge >= 0.3 is 5.97 Å². The van der Waals surface area contributed by atoms with Crippen molar-refractivity contribution in [2.75, 3.05) is 0 Å². The molecule has 2 bridgehead atoms. The Labute approximate surface area is 84.1 Å². The third-order valence-electron chi connectivity index (χ3n) is 2.79. The highest BCUT2D eigenvalue weighted by molar-refractivity contribution is 5.69. The monoisotopic (exact) mass is 196 g/mol. The molecule has 1 fully saturated rings. The summed E-state index contributed by atoms with van der Waals surface area (Å²) in [4.78, 5) is 11.1. The highest BCUT2D eigenvalue weighted by Gasteiger charge is 2.23. The minimum atomic E-state index is -0.126. The van der Waals surface area contributed by atoms with Gasteiger partial charge in [0.1, 0.15) is 0 Å². The zero-order chi connectivity index (χ0) is 9.80. The molecule has 2 rings (SSSR count). The summed E-state index contributed by atoms with van der Waals surface area (Å²) >= 11 is 0. The van der Waals surface area contributed by atoms with Gasteiger partial charge in [0.15, 0.2) is 0 Å². The third kappa shape index (κ3) is 2.58. The summed E-state index contributed by atoms with van der Waals surface area (Å²) < 4.78 is 10.7. The van der Waals surface area contributed by atoms with Crippen molar-refractivity contribution >= 4 is 5.97 Å². The lowest BCUT2D eigenvalue weighted by Gasteiger charge is -2.09. The van der Waals surface area contributed by atoms with Gasteiger partial charge in [0.2, 0.25) is 0 Å². The van der Waals surface area contributed by atoms with Crippen LogP contribution in [0.4, 0.5) is 0 Å². The molecule has 2 aliphatic rings. The standard InChI is InChI=1S/C11H16O3/c12-11-4-2-1-3-9-5-6-10(14-9)7-8-13-11/h7-10H,1-6H2. The number of carbonyl (C=O) groups is 1. The first-order valence-corrected chi connectivity index (χ1v) is 5.36. The number of hydrogen-bond donors (Lipinski definition) is 0. The van der Waals surface area contributed by atoms with Crippen LogP contribution >= 0.6 is 0 Å². The summed E-state index contributed by atoms with van der Waals surface area (Å²) in [6.07, 6.45) is 9.68. The van der Waals surface area contributed by atoms with E-state index in [-0.39, 0.29) is 12.1 Å². The normalized spacial score (nSPS) is 33.6. The molecule has 1 saturated heterocycles. The van der Waals surface area contributed by atoms with Crippen LogP contribution in [-0.2, 0) is 14.3 Å². The molecule has 78 valence electrons. The lowest BCUT2D eigenvalue weighted by atomic mass is 10.1. The van der Waals surface area contributed by atoms with Crippen LogP contribution in [0.2, 0.25) is 0 Å². The summed E-state index contributed by atoms with van der Waals surface area (Å²) in [5.74, 6) is -0.126. The van der Waals surface area contributed by atoms with E-state index >= 15 is 0 Å². The molecule has 2 aliphatic heterocycles. The van der Waals surface area contributed by atoms with Gasteiger partial charge in [-0.05, 0) is 31.8 Å². The van der Waals surface area contributed by atoms with Crippen molar-refractivity contribution in [2.24, 2.45) is 0 Å². The Morgan fingerprint density at radius 3 is 3.07 bits per heavy atom. The third-order valence-corrected chi connectivity index (χ3v) is 2.79. The van der Waals surface area contributed by atoms with Gasteiger partial charge in [-0.25, -0.2) is 0 Å². The molecule has 0 aliphatic carbocycles. The summed E-state index contributed by atoms with van der Waals surface area (Å²) in [6.45, 7) is 0. The van der Waals surface area contributed by atoms with Crippen LogP contribution in [0.3, 0.4) is 0 Å². The second-order valence-corrected chi connectivity index (χ2v) is 3.94. The maximum Gasteiger partial charge on any atom is 0.310 e. The van der Waals surface area contributed by atoms with Gasteiger partial charge in [0.25, 0.3) is 0 Å². The number of cyclic esters (lactones) is 1. The molecule has 0 amide bonds. The van der Waals surface area contributed by atoms with Crippen LogP contribution in [0, 0.1) is 0 Å². The van der Waals surface area contributed by atoms with Gasteiger partial charge in [0, 0.05) is 6.42 Å². The Kier molecular flexibility index (Phi) is 3.19. The van der Waals surface area contributed by atoms with Gasteiger partial charge in [-0.3, -0.25) is 4.79 Å². The molecular weight excluding hydrogens is 180 g/mol. The summed E-state index contributed by atoms with van der Waals surface area (Å²) in [5.41, 5.74) is 0. The zero-order valence-electron chi connectivity index (χ0n) is 8.28. The Balaban J connectivity index is 1.94. The topological polar surface area (TPSA) is 35.5 Å². The number of hydrogen-bond acceptors (Lipinski definition) is 3. The SMILES string of the molecule is O=C1CCCCC2CCC(C=CO1)O2. The smallest absolute Gasteiger partial charge is 0.310 e. The fourth-order valence-electron chi connectivity index (χ4n) is 1.99. The summed E-state index contributed by atoms with van der Waals surface area (Å²) in [5, 5.41) is 0. The lowest BCUT2D eigenvalue weighted by molar-refractivity contribution is -0.138. The number of fused-ring (bicyclic) bond motifs is 2. The van der Waals surface area contributed by atoms with E-state index in [1.54, 1.807) is 0 Å². The first-order valence-electron chi connectivity index (χ1n) is 5.36. The van der Waals surface area contributed by atoms with Crippen LogP contribution in [0.25, 0.3) is 0 Å². The lowest BCUT2D eigenvalue weighted by Crippen LogP contribution is -2.08. The number of carbonyl (C=O) groups excluding carboxylic acids is 1. The largest absolute Gasteiger partial charge is 0.435 e. The molecule has 3 nitrogen and oxygen atoms in total. The van der Waals surface area contributed by atoms with E-state index in [2.05, 4.69) is 0 Å². The molecule has 0 N–H and O–H groups in total. The van der Waals surface area contributed by atoms with Gasteiger partial charge in [0.05, 0.1) is 18.5 Å². The molecule has 2 atom stereocenters. The zero-order valence-corrected chi connectivity index (χ0v) is 8.28. The first-order chi connectivity index (χ1) is 6.84. The minimum Gasteiger partial charge on any atom is -0.435 e. The molecule has 0 aromatic carbocycles. The predicted molar refractivity (Wildman–Crippen MR) is 51.6 cm³/mol. The van der Waals surface area contributed by atoms with E-state index in [9.17, 15) is 4.79 Å². The fraction of sp³-hybridized carbons (Fsp3) is 0.727. The molecule has 2 unspecified atom stereocenters. The van der Waals surface area contributed by atoms with Crippen LogP contribution in [-0.4, -0.2) is 18.2 Å². The molecule has 0 saturated carbocycles. The van der Waals surface area contributed by atoms with E-state index in [4.69, 9.17) is 9.47 Å². The highest BCUT2D eigenvalue weighted by atomic mass is 16.5. The van der Waals surface area contributed by atoms with Crippen molar-refractivity contribution in [2.45, 2.75) is 50.7 Å². The average molecular weight is 196 g/mol. The van der Waals surface area contributed by atoms with Crippen molar-refractivity contribution in [3.05, 3.63) is 12.3 Å². The van der Waals surface area contributed by atoms with Crippen molar-refractivity contribution in [3.8, 4) is 0 Å². The van der Waals surface area contributed by atoms with Crippen LogP contribution < -0.4 is 0 Å². The van der Waals surface area contributed by atoms with E-state index in [1.165, 1.54) is 6.26 Å². The maximum atomic E-state index is 11.1. The van der Waals surface area contributed by atoms with Crippen molar-refractivity contribution < 1.29 is 14.3 Å². The molecule has 0 spiro atoms. The van der Waals surface area contributed by atoms with Crippen molar-refractivity contribution in [1.82, 2.24) is 0 Å². The predicted octanol–water partition coefficient (Wildman–Crippen LogP) is 2.16. The highest BCUT2D eigenvalue weighted by Crippen LogP contribution is 2.25. The number of rotatable bonds is 0. The number of ether oxygens (including phenoxy) is 2. The van der Waals surface area contributed by atoms with E-state index < -0.39 is 0 Å². The molecule has 0 radical (unpaired) electrons. The summed E-state index contributed by atoms with van der Waals surface area (Å²) in [6, 6.07) is 0. The first kappa shape index (κ1) is 9.71. The summed E-state index contributed by atoms with van der Waals surface area (Å²) in [7, 11) is 0. The van der Waals surface area contributed by atoms with Gasteiger partial charge < -0.3 is 9.47 Å². The average Bonchev–Trinajstić information content (AvgIpc) is 2.58. The Morgan fingerprint density at radius 1 is 1.21 bits per heavy atom. The van der Waals surface area contributed by atoms with Crippen LogP contribution in [0.1, 0.15) is 38.5 Å². The van der Waals surface area contributed by atoms with Crippen molar-refractivity contribution in [3.63, 3.8) is 0 Å². The molecule has 2 heterocycles. The minimum absolute atomic E-state index is 0.126. The molecule has 14 heavy (non-hydrogen) atoms. The van der Waals surface area contributed by atoms with Crippen molar-refractivity contribution in [1.29, 1.82) is 0 Å². The quantitative estimate of drug-likeness (QED) is 0.557. The Hall–Kier alpha value is -0.830. The second kappa shape index (κ2) is 4.60. The Morgan fingerprint density at radius 2 is 2.14 bits per heavy atom. The van der Waals surface area contributed by atoms with E-state index in [0.717, 1.165) is 32.1 Å². The van der Waals surface area contributed by atoms with Crippen LogP contribution in [0.15, 0.2) is 12.3 Å². The van der Waals surface area contributed by atoms with E-state index in [1.807, 2.05) is 6.08 Å². The molecule has 0 aromatic rings. The van der Waals surface area contributed by atoms with Gasteiger partial charge in [-0.2, -0.15) is 0 Å².